The van der Waals surface area contributed by atoms with Gasteiger partial charge in [-0.1, -0.05) is 11.6 Å². The largest absolute Gasteiger partial charge is 0.506 e. The van der Waals surface area contributed by atoms with Crippen molar-refractivity contribution in [2.24, 2.45) is 5.73 Å². The Morgan fingerprint density at radius 2 is 2.14 bits per heavy atom. The second kappa shape index (κ2) is 3.11. The first-order chi connectivity index (χ1) is 6.59. The molecule has 1 aromatic rings. The fourth-order valence-electron chi connectivity index (χ4n) is 1.70. The van der Waals surface area contributed by atoms with Gasteiger partial charge >= 0.3 is 0 Å². The van der Waals surface area contributed by atoms with Gasteiger partial charge < -0.3 is 10.8 Å². The Balaban J connectivity index is 2.52. The van der Waals surface area contributed by atoms with Gasteiger partial charge in [0.15, 0.2) is 0 Å². The van der Waals surface area contributed by atoms with E-state index in [9.17, 15) is 9.50 Å². The van der Waals surface area contributed by atoms with E-state index in [1.165, 1.54) is 6.07 Å². The minimum absolute atomic E-state index is 0.0315. The minimum atomic E-state index is -0.428. The predicted octanol–water partition coefficient (Wildman–Crippen LogP) is 2.17. The van der Waals surface area contributed by atoms with Crippen molar-refractivity contribution in [2.45, 2.75) is 18.3 Å². The van der Waals surface area contributed by atoms with Gasteiger partial charge in [0.2, 0.25) is 0 Å². The zero-order valence-corrected chi connectivity index (χ0v) is 8.31. The molecule has 0 spiro atoms. The third-order valence-corrected chi connectivity index (χ3v) is 3.13. The number of phenolic OH excluding ortho intramolecular Hbond substituents is 1. The highest BCUT2D eigenvalue weighted by atomic mass is 35.5. The van der Waals surface area contributed by atoms with E-state index in [4.69, 9.17) is 17.3 Å². The van der Waals surface area contributed by atoms with Crippen molar-refractivity contribution in [3.05, 3.63) is 28.5 Å². The lowest BCUT2D eigenvalue weighted by molar-refractivity contribution is 0.456. The van der Waals surface area contributed by atoms with Crippen LogP contribution in [0.15, 0.2) is 12.1 Å². The van der Waals surface area contributed by atoms with Crippen LogP contribution in [0.5, 0.6) is 5.75 Å². The van der Waals surface area contributed by atoms with Crippen molar-refractivity contribution in [1.29, 1.82) is 0 Å². The molecule has 0 radical (unpaired) electrons. The highest BCUT2D eigenvalue weighted by Gasteiger charge is 2.45. The molecule has 0 aliphatic heterocycles. The van der Waals surface area contributed by atoms with Crippen LogP contribution >= 0.6 is 11.6 Å². The lowest BCUT2D eigenvalue weighted by atomic mass is 9.95. The molecule has 2 nitrogen and oxygen atoms in total. The smallest absolute Gasteiger partial charge is 0.138 e. The molecule has 0 aromatic heterocycles. The standard InChI is InChI=1S/C10H11ClFNO/c11-8-4-6(12)3-7(9(8)14)10(5-13)1-2-10/h3-4,14H,1-2,5,13H2. The lowest BCUT2D eigenvalue weighted by Gasteiger charge is -2.15. The van der Waals surface area contributed by atoms with Crippen LogP contribution in [0.4, 0.5) is 4.39 Å². The van der Waals surface area contributed by atoms with Crippen LogP contribution in [0.3, 0.4) is 0 Å². The molecule has 3 N–H and O–H groups in total. The van der Waals surface area contributed by atoms with Crippen molar-refractivity contribution in [1.82, 2.24) is 0 Å². The molecule has 1 aliphatic carbocycles. The van der Waals surface area contributed by atoms with E-state index in [-0.39, 0.29) is 16.2 Å². The molecule has 76 valence electrons. The molecule has 0 bridgehead atoms. The first kappa shape index (κ1) is 9.74. The monoisotopic (exact) mass is 215 g/mol. The molecule has 0 unspecified atom stereocenters. The van der Waals surface area contributed by atoms with Crippen LogP contribution in [0.2, 0.25) is 5.02 Å². The average molecular weight is 216 g/mol. The quantitative estimate of drug-likeness (QED) is 0.794. The number of hydrogen-bond donors (Lipinski definition) is 2. The Morgan fingerprint density at radius 3 is 2.64 bits per heavy atom. The van der Waals surface area contributed by atoms with Crippen LogP contribution in [0, 0.1) is 5.82 Å². The predicted molar refractivity (Wildman–Crippen MR) is 53.0 cm³/mol. The summed E-state index contributed by atoms with van der Waals surface area (Å²) in [6.07, 6.45) is 1.77. The minimum Gasteiger partial charge on any atom is -0.506 e. The zero-order valence-electron chi connectivity index (χ0n) is 7.56. The molecule has 1 aromatic carbocycles. The normalized spacial score (nSPS) is 18.2. The van der Waals surface area contributed by atoms with Gasteiger partial charge in [0, 0.05) is 17.5 Å². The Morgan fingerprint density at radius 1 is 1.50 bits per heavy atom. The number of nitrogens with two attached hydrogens (primary N) is 1. The fraction of sp³-hybridized carbons (Fsp3) is 0.400. The van der Waals surface area contributed by atoms with E-state index in [0.29, 0.717) is 12.1 Å². The first-order valence-corrected chi connectivity index (χ1v) is 4.85. The molecule has 14 heavy (non-hydrogen) atoms. The molecule has 0 atom stereocenters. The third kappa shape index (κ3) is 1.37. The topological polar surface area (TPSA) is 46.2 Å². The molecule has 1 saturated carbocycles. The molecule has 0 amide bonds. The number of phenols is 1. The molecule has 2 rings (SSSR count). The number of rotatable bonds is 2. The van der Waals surface area contributed by atoms with E-state index in [1.54, 1.807) is 0 Å². The van der Waals surface area contributed by atoms with Crippen LogP contribution in [0.1, 0.15) is 18.4 Å². The van der Waals surface area contributed by atoms with Crippen molar-refractivity contribution in [3.63, 3.8) is 0 Å². The summed E-state index contributed by atoms with van der Waals surface area (Å²) >= 11 is 5.68. The van der Waals surface area contributed by atoms with Gasteiger partial charge in [0.25, 0.3) is 0 Å². The second-order valence-electron chi connectivity index (χ2n) is 3.77. The van der Waals surface area contributed by atoms with Crippen LogP contribution in [-0.2, 0) is 5.41 Å². The maximum atomic E-state index is 13.1. The Labute approximate surface area is 86.5 Å². The molecular weight excluding hydrogens is 205 g/mol. The molecule has 1 aliphatic rings. The summed E-state index contributed by atoms with van der Waals surface area (Å²) in [4.78, 5) is 0. The number of halogens is 2. The molecule has 1 fully saturated rings. The van der Waals surface area contributed by atoms with Gasteiger partial charge in [-0.3, -0.25) is 0 Å². The highest BCUT2D eigenvalue weighted by Crippen LogP contribution is 2.51. The van der Waals surface area contributed by atoms with Gasteiger partial charge in [0.1, 0.15) is 11.6 Å². The van der Waals surface area contributed by atoms with Crippen LogP contribution < -0.4 is 5.73 Å². The molecule has 0 saturated heterocycles. The van der Waals surface area contributed by atoms with Crippen molar-refractivity contribution in [2.75, 3.05) is 6.54 Å². The van der Waals surface area contributed by atoms with Crippen LogP contribution in [0.25, 0.3) is 0 Å². The summed E-state index contributed by atoms with van der Waals surface area (Å²) in [5.74, 6) is -0.460. The summed E-state index contributed by atoms with van der Waals surface area (Å²) in [7, 11) is 0. The summed E-state index contributed by atoms with van der Waals surface area (Å²) in [5, 5.41) is 9.73. The van der Waals surface area contributed by atoms with Gasteiger partial charge in [-0.25, -0.2) is 4.39 Å². The lowest BCUT2D eigenvalue weighted by Crippen LogP contribution is -2.20. The number of aromatic hydroxyl groups is 1. The van der Waals surface area contributed by atoms with Gasteiger partial charge in [-0.2, -0.15) is 0 Å². The summed E-state index contributed by atoms with van der Waals surface area (Å²) in [5.41, 5.74) is 5.90. The summed E-state index contributed by atoms with van der Waals surface area (Å²) in [6.45, 7) is 0.417. The zero-order chi connectivity index (χ0) is 10.3. The first-order valence-electron chi connectivity index (χ1n) is 4.48. The SMILES string of the molecule is NCC1(c2cc(F)cc(Cl)c2O)CC1. The fourth-order valence-corrected chi connectivity index (χ4v) is 1.91. The maximum Gasteiger partial charge on any atom is 0.138 e. The molecule has 4 heteroatoms. The molecule has 0 heterocycles. The van der Waals surface area contributed by atoms with E-state index >= 15 is 0 Å². The highest BCUT2D eigenvalue weighted by molar-refractivity contribution is 6.32. The van der Waals surface area contributed by atoms with E-state index in [1.807, 2.05) is 0 Å². The van der Waals surface area contributed by atoms with Crippen molar-refractivity contribution in [3.8, 4) is 5.75 Å². The Kier molecular flexibility index (Phi) is 2.16. The number of benzene rings is 1. The summed E-state index contributed by atoms with van der Waals surface area (Å²) < 4.78 is 13.1. The van der Waals surface area contributed by atoms with Crippen molar-refractivity contribution >= 4 is 11.6 Å². The Bertz CT molecular complexity index is 377. The molecular formula is C10H11ClFNO. The van der Waals surface area contributed by atoms with Gasteiger partial charge in [-0.15, -0.1) is 0 Å². The Hall–Kier alpha value is -0.800. The van der Waals surface area contributed by atoms with Gasteiger partial charge in [0.05, 0.1) is 5.02 Å². The van der Waals surface area contributed by atoms with E-state index in [0.717, 1.165) is 18.9 Å². The number of hydrogen-bond acceptors (Lipinski definition) is 2. The summed E-state index contributed by atoms with van der Waals surface area (Å²) in [6, 6.07) is 2.42. The average Bonchev–Trinajstić information content (AvgIpc) is 2.92. The second-order valence-corrected chi connectivity index (χ2v) is 4.18. The maximum absolute atomic E-state index is 13.1. The third-order valence-electron chi connectivity index (χ3n) is 2.84. The van der Waals surface area contributed by atoms with E-state index in [2.05, 4.69) is 0 Å². The van der Waals surface area contributed by atoms with Gasteiger partial charge in [-0.05, 0) is 25.0 Å². The van der Waals surface area contributed by atoms with Crippen molar-refractivity contribution < 1.29 is 9.50 Å². The van der Waals surface area contributed by atoms with E-state index < -0.39 is 5.82 Å². The van der Waals surface area contributed by atoms with Crippen LogP contribution in [-0.4, -0.2) is 11.7 Å².